The third-order valence-electron chi connectivity index (χ3n) is 5.28. The van der Waals surface area contributed by atoms with E-state index in [2.05, 4.69) is 31.7 Å². The van der Waals surface area contributed by atoms with E-state index in [1.165, 1.54) is 0 Å². The summed E-state index contributed by atoms with van der Waals surface area (Å²) in [7, 11) is 1.61. The van der Waals surface area contributed by atoms with Gasteiger partial charge in [-0.05, 0) is 48.5 Å². The number of aromatic amines is 1. The van der Waals surface area contributed by atoms with Gasteiger partial charge in [0, 0.05) is 17.0 Å². The van der Waals surface area contributed by atoms with Crippen LogP contribution in [0.4, 0.5) is 0 Å². The molecule has 0 aliphatic carbocycles. The van der Waals surface area contributed by atoms with E-state index in [4.69, 9.17) is 18.9 Å². The fourth-order valence-electron chi connectivity index (χ4n) is 3.46. The van der Waals surface area contributed by atoms with Crippen molar-refractivity contribution in [3.05, 3.63) is 95.9 Å². The topological polar surface area (TPSA) is 104 Å². The third-order valence-corrected chi connectivity index (χ3v) is 5.28. The Bertz CT molecular complexity index is 1390. The van der Waals surface area contributed by atoms with Gasteiger partial charge in [-0.3, -0.25) is 0 Å². The molecular weight excluding hydrogens is 446 g/mol. The van der Waals surface area contributed by atoms with E-state index in [0.29, 0.717) is 30.5 Å². The van der Waals surface area contributed by atoms with Gasteiger partial charge >= 0.3 is 0 Å². The molecule has 0 saturated heterocycles. The molecule has 0 bridgehead atoms. The van der Waals surface area contributed by atoms with Gasteiger partial charge in [0.1, 0.15) is 36.2 Å². The number of benzene rings is 3. The van der Waals surface area contributed by atoms with Gasteiger partial charge in [-0.15, -0.1) is 10.2 Å². The zero-order valence-corrected chi connectivity index (χ0v) is 19.0. The maximum Gasteiger partial charge on any atom is 0.211 e. The van der Waals surface area contributed by atoms with Crippen molar-refractivity contribution in [1.82, 2.24) is 25.6 Å². The molecule has 0 atom stereocenters. The van der Waals surface area contributed by atoms with Crippen molar-refractivity contribution in [2.75, 3.05) is 7.11 Å². The SMILES string of the molecule is COc1cc(OCc2nn[nH]n2)ccc1COc1ccc(OCc2ccc3ccccc3n2)cc1. The molecule has 0 saturated carbocycles. The number of para-hydroxylation sites is 1. The maximum atomic E-state index is 5.94. The summed E-state index contributed by atoms with van der Waals surface area (Å²) in [6.45, 7) is 0.944. The molecule has 35 heavy (non-hydrogen) atoms. The summed E-state index contributed by atoms with van der Waals surface area (Å²) < 4.78 is 23.0. The molecule has 176 valence electrons. The normalized spacial score (nSPS) is 10.8. The number of fused-ring (bicyclic) bond motifs is 1. The van der Waals surface area contributed by atoms with Crippen LogP contribution in [0, 0.1) is 0 Å². The Hall–Kier alpha value is -4.66. The Balaban J connectivity index is 1.15. The summed E-state index contributed by atoms with van der Waals surface area (Å²) >= 11 is 0. The number of rotatable bonds is 10. The number of aromatic nitrogens is 5. The fraction of sp³-hybridized carbons (Fsp3) is 0.154. The second-order valence-corrected chi connectivity index (χ2v) is 7.63. The molecule has 0 spiro atoms. The number of nitrogens with one attached hydrogen (secondary N) is 1. The second-order valence-electron chi connectivity index (χ2n) is 7.63. The molecule has 5 aromatic rings. The molecule has 0 unspecified atom stereocenters. The summed E-state index contributed by atoms with van der Waals surface area (Å²) in [4.78, 5) is 4.64. The lowest BCUT2D eigenvalue weighted by atomic mass is 10.2. The average molecular weight is 470 g/mol. The molecule has 5 rings (SSSR count). The summed E-state index contributed by atoms with van der Waals surface area (Å²) in [6.07, 6.45) is 0. The van der Waals surface area contributed by atoms with Gasteiger partial charge < -0.3 is 18.9 Å². The van der Waals surface area contributed by atoms with E-state index in [1.54, 1.807) is 13.2 Å². The van der Waals surface area contributed by atoms with Gasteiger partial charge in [-0.2, -0.15) is 5.21 Å². The number of hydrogen-bond acceptors (Lipinski definition) is 8. The molecule has 2 heterocycles. The van der Waals surface area contributed by atoms with Crippen LogP contribution in [0.1, 0.15) is 17.1 Å². The number of tetrazole rings is 1. The van der Waals surface area contributed by atoms with Crippen LogP contribution in [-0.2, 0) is 19.8 Å². The molecule has 9 nitrogen and oxygen atoms in total. The van der Waals surface area contributed by atoms with Gasteiger partial charge in [0.25, 0.3) is 0 Å². The second kappa shape index (κ2) is 10.5. The van der Waals surface area contributed by atoms with Crippen LogP contribution in [0.2, 0.25) is 0 Å². The smallest absolute Gasteiger partial charge is 0.211 e. The highest BCUT2D eigenvalue weighted by Gasteiger charge is 2.08. The van der Waals surface area contributed by atoms with Crippen LogP contribution in [0.25, 0.3) is 10.9 Å². The standard InChI is InChI=1S/C26H23N5O4/c1-32-25-14-23(35-17-26-28-30-31-29-26)9-7-19(25)15-33-21-10-12-22(13-11-21)34-16-20-8-6-18-4-2-3-5-24(18)27-20/h2-14H,15-17H2,1H3,(H,28,29,30,31). The van der Waals surface area contributed by atoms with Crippen LogP contribution in [-0.4, -0.2) is 32.7 Å². The highest BCUT2D eigenvalue weighted by molar-refractivity contribution is 5.78. The van der Waals surface area contributed by atoms with Crippen LogP contribution >= 0.6 is 0 Å². The number of nitrogens with zero attached hydrogens (tertiary/aromatic N) is 4. The Morgan fingerprint density at radius 2 is 1.49 bits per heavy atom. The Kier molecular flexibility index (Phi) is 6.65. The first-order chi connectivity index (χ1) is 17.3. The van der Waals surface area contributed by atoms with E-state index < -0.39 is 0 Å². The average Bonchev–Trinajstić information content (AvgIpc) is 3.44. The van der Waals surface area contributed by atoms with E-state index in [0.717, 1.165) is 33.7 Å². The van der Waals surface area contributed by atoms with Crippen molar-refractivity contribution in [3.8, 4) is 23.0 Å². The molecule has 0 amide bonds. The lowest BCUT2D eigenvalue weighted by Crippen LogP contribution is -2.01. The number of H-pyrrole nitrogens is 1. The molecule has 0 aliphatic rings. The molecular formula is C26H23N5O4. The lowest BCUT2D eigenvalue weighted by Gasteiger charge is -2.13. The van der Waals surface area contributed by atoms with Gasteiger partial charge in [0.2, 0.25) is 5.82 Å². The molecule has 0 aliphatic heterocycles. The molecule has 3 aromatic carbocycles. The summed E-state index contributed by atoms with van der Waals surface area (Å²) in [5, 5.41) is 14.7. The Morgan fingerprint density at radius 1 is 0.743 bits per heavy atom. The molecule has 0 radical (unpaired) electrons. The molecule has 2 aromatic heterocycles. The molecule has 9 heteroatoms. The van der Waals surface area contributed by atoms with E-state index in [-0.39, 0.29) is 6.61 Å². The fourth-order valence-corrected chi connectivity index (χ4v) is 3.46. The number of methoxy groups -OCH3 is 1. The van der Waals surface area contributed by atoms with Gasteiger partial charge in [0.15, 0.2) is 6.61 Å². The summed E-state index contributed by atoms with van der Waals surface area (Å²) in [5.74, 6) is 3.24. The monoisotopic (exact) mass is 469 g/mol. The van der Waals surface area contributed by atoms with Gasteiger partial charge in [0.05, 0.1) is 18.3 Å². The van der Waals surface area contributed by atoms with Crippen LogP contribution in [0.5, 0.6) is 23.0 Å². The van der Waals surface area contributed by atoms with Crippen molar-refractivity contribution in [2.45, 2.75) is 19.8 Å². The largest absolute Gasteiger partial charge is 0.496 e. The van der Waals surface area contributed by atoms with E-state index >= 15 is 0 Å². The zero-order chi connectivity index (χ0) is 23.9. The maximum absolute atomic E-state index is 5.94. The summed E-state index contributed by atoms with van der Waals surface area (Å²) in [5.41, 5.74) is 2.72. The molecule has 1 N–H and O–H groups in total. The van der Waals surface area contributed by atoms with Crippen molar-refractivity contribution in [1.29, 1.82) is 0 Å². The van der Waals surface area contributed by atoms with Crippen molar-refractivity contribution >= 4 is 10.9 Å². The number of hydrogen-bond donors (Lipinski definition) is 1. The minimum Gasteiger partial charge on any atom is -0.496 e. The van der Waals surface area contributed by atoms with Crippen molar-refractivity contribution < 1.29 is 18.9 Å². The van der Waals surface area contributed by atoms with Gasteiger partial charge in [-0.25, -0.2) is 4.98 Å². The Labute approximate surface area is 201 Å². The third kappa shape index (κ3) is 5.64. The van der Waals surface area contributed by atoms with Crippen LogP contribution in [0.3, 0.4) is 0 Å². The van der Waals surface area contributed by atoms with E-state index in [9.17, 15) is 0 Å². The first-order valence-electron chi connectivity index (χ1n) is 11.0. The lowest BCUT2D eigenvalue weighted by molar-refractivity contribution is 0.284. The molecule has 0 fully saturated rings. The van der Waals surface area contributed by atoms with Crippen molar-refractivity contribution in [2.24, 2.45) is 0 Å². The Morgan fingerprint density at radius 3 is 2.26 bits per heavy atom. The van der Waals surface area contributed by atoms with Crippen LogP contribution < -0.4 is 18.9 Å². The minimum atomic E-state index is 0.209. The number of ether oxygens (including phenoxy) is 4. The van der Waals surface area contributed by atoms with Crippen molar-refractivity contribution in [3.63, 3.8) is 0 Å². The first-order valence-corrected chi connectivity index (χ1v) is 11.0. The number of pyridine rings is 1. The predicted octanol–water partition coefficient (Wildman–Crippen LogP) is 4.49. The van der Waals surface area contributed by atoms with Crippen LogP contribution in [0.15, 0.2) is 78.9 Å². The minimum absolute atomic E-state index is 0.209. The van der Waals surface area contributed by atoms with E-state index in [1.807, 2.05) is 66.7 Å². The highest BCUT2D eigenvalue weighted by atomic mass is 16.5. The predicted molar refractivity (Wildman–Crippen MR) is 128 cm³/mol. The summed E-state index contributed by atoms with van der Waals surface area (Å²) in [6, 6.07) is 25.1. The van der Waals surface area contributed by atoms with Gasteiger partial charge in [-0.1, -0.05) is 29.5 Å². The first kappa shape index (κ1) is 22.1. The quantitative estimate of drug-likeness (QED) is 0.319. The zero-order valence-electron chi connectivity index (χ0n) is 19.0. The highest BCUT2D eigenvalue weighted by Crippen LogP contribution is 2.27.